The van der Waals surface area contributed by atoms with Gasteiger partial charge >= 0.3 is 5.91 Å². The third-order valence-electron chi connectivity index (χ3n) is 5.38. The van der Waals surface area contributed by atoms with Gasteiger partial charge in [0.25, 0.3) is 5.69 Å². The van der Waals surface area contributed by atoms with E-state index < -0.39 is 10.8 Å². The SMILES string of the molecule is O=C(COc1ccc([N+](=O)[O-])cc1)N=Nc1c(O)n(CN2CCCCC2)c2ccccc12. The highest BCUT2D eigenvalue weighted by atomic mass is 16.6. The average Bonchev–Trinajstić information content (AvgIpc) is 3.08. The molecule has 0 saturated carbocycles. The molecule has 3 aromatic rings. The lowest BCUT2D eigenvalue weighted by molar-refractivity contribution is -0.384. The Morgan fingerprint density at radius 1 is 1.09 bits per heavy atom. The minimum absolute atomic E-state index is 0.0374. The topological polar surface area (TPSA) is 123 Å². The second-order valence-corrected chi connectivity index (χ2v) is 7.57. The van der Waals surface area contributed by atoms with Crippen LogP contribution in [0.4, 0.5) is 11.4 Å². The Labute approximate surface area is 183 Å². The highest BCUT2D eigenvalue weighted by Crippen LogP contribution is 2.39. The number of aromatic nitrogens is 1. The summed E-state index contributed by atoms with van der Waals surface area (Å²) < 4.78 is 7.10. The molecule has 1 aromatic heterocycles. The van der Waals surface area contributed by atoms with Crippen LogP contribution >= 0.6 is 0 Å². The first-order valence-corrected chi connectivity index (χ1v) is 10.4. The molecular formula is C22H23N5O5. The number of piperidine rings is 1. The van der Waals surface area contributed by atoms with Gasteiger partial charge in [0.05, 0.1) is 17.1 Å². The van der Waals surface area contributed by atoms with E-state index in [0.717, 1.165) is 31.4 Å². The molecule has 1 aliphatic rings. The Kier molecular flexibility index (Phi) is 6.41. The van der Waals surface area contributed by atoms with Crippen molar-refractivity contribution in [2.75, 3.05) is 19.7 Å². The van der Waals surface area contributed by atoms with E-state index in [1.54, 1.807) is 4.57 Å². The summed E-state index contributed by atoms with van der Waals surface area (Å²) in [5.74, 6) is -0.375. The number of hydrogen-bond donors (Lipinski definition) is 1. The molecule has 0 radical (unpaired) electrons. The Morgan fingerprint density at radius 3 is 2.53 bits per heavy atom. The maximum absolute atomic E-state index is 12.1. The molecule has 166 valence electrons. The molecule has 1 amide bonds. The quantitative estimate of drug-likeness (QED) is 0.332. The van der Waals surface area contributed by atoms with Gasteiger partial charge in [-0.05, 0) is 44.1 Å². The lowest BCUT2D eigenvalue weighted by Crippen LogP contribution is -2.31. The van der Waals surface area contributed by atoms with Gasteiger partial charge in [0, 0.05) is 17.5 Å². The number of carbonyl (C=O) groups excluding carboxylic acids is 1. The Bertz CT molecular complexity index is 1150. The van der Waals surface area contributed by atoms with Gasteiger partial charge in [-0.25, -0.2) is 0 Å². The van der Waals surface area contributed by atoms with E-state index in [9.17, 15) is 20.0 Å². The van der Waals surface area contributed by atoms with E-state index in [1.165, 1.54) is 30.7 Å². The number of hydrogen-bond acceptors (Lipinski definition) is 7. The number of para-hydroxylation sites is 1. The van der Waals surface area contributed by atoms with Crippen LogP contribution in [0.5, 0.6) is 11.6 Å². The molecule has 2 aromatic carbocycles. The second-order valence-electron chi connectivity index (χ2n) is 7.57. The molecule has 4 rings (SSSR count). The van der Waals surface area contributed by atoms with E-state index >= 15 is 0 Å². The smallest absolute Gasteiger partial charge is 0.302 e. The van der Waals surface area contributed by atoms with Crippen LogP contribution in [0.3, 0.4) is 0 Å². The van der Waals surface area contributed by atoms with E-state index in [1.807, 2.05) is 24.3 Å². The van der Waals surface area contributed by atoms with Gasteiger partial charge in [-0.1, -0.05) is 24.6 Å². The fourth-order valence-corrected chi connectivity index (χ4v) is 3.76. The van der Waals surface area contributed by atoms with Crippen molar-refractivity contribution in [2.45, 2.75) is 25.9 Å². The van der Waals surface area contributed by atoms with Crippen LogP contribution in [0.1, 0.15) is 19.3 Å². The summed E-state index contributed by atoms with van der Waals surface area (Å²) >= 11 is 0. The van der Waals surface area contributed by atoms with Crippen molar-refractivity contribution in [1.29, 1.82) is 0 Å². The van der Waals surface area contributed by atoms with Crippen molar-refractivity contribution in [3.05, 3.63) is 58.6 Å². The Balaban J connectivity index is 1.47. The predicted octanol–water partition coefficient (Wildman–Crippen LogP) is 4.39. The summed E-state index contributed by atoms with van der Waals surface area (Å²) in [6, 6.07) is 12.8. The molecular weight excluding hydrogens is 414 g/mol. The van der Waals surface area contributed by atoms with Crippen LogP contribution in [0.15, 0.2) is 58.8 Å². The maximum Gasteiger partial charge on any atom is 0.302 e. The first kappa shape index (κ1) is 21.4. The molecule has 1 aliphatic heterocycles. The second kappa shape index (κ2) is 9.56. The van der Waals surface area contributed by atoms with Crippen molar-refractivity contribution >= 4 is 28.2 Å². The van der Waals surface area contributed by atoms with E-state index in [0.29, 0.717) is 17.8 Å². The number of benzene rings is 2. The van der Waals surface area contributed by atoms with Crippen molar-refractivity contribution in [1.82, 2.24) is 9.47 Å². The fraction of sp³-hybridized carbons (Fsp3) is 0.318. The molecule has 0 bridgehead atoms. The molecule has 2 heterocycles. The van der Waals surface area contributed by atoms with Crippen LogP contribution in [-0.4, -0.2) is 45.1 Å². The predicted molar refractivity (Wildman–Crippen MR) is 117 cm³/mol. The number of amides is 1. The van der Waals surface area contributed by atoms with Crippen LogP contribution in [-0.2, 0) is 11.5 Å². The van der Waals surface area contributed by atoms with Gasteiger partial charge in [0.2, 0.25) is 5.88 Å². The number of rotatable bonds is 7. The van der Waals surface area contributed by atoms with E-state index in [4.69, 9.17) is 4.74 Å². The maximum atomic E-state index is 12.1. The molecule has 0 aliphatic carbocycles. The zero-order valence-electron chi connectivity index (χ0n) is 17.4. The average molecular weight is 437 g/mol. The van der Waals surface area contributed by atoms with Crippen LogP contribution < -0.4 is 4.74 Å². The summed E-state index contributed by atoms with van der Waals surface area (Å²) in [5, 5.41) is 29.9. The number of ether oxygens (including phenoxy) is 1. The molecule has 0 spiro atoms. The summed E-state index contributed by atoms with van der Waals surface area (Å²) in [5.41, 5.74) is 0.986. The first-order valence-electron chi connectivity index (χ1n) is 10.4. The Hall–Kier alpha value is -3.79. The Morgan fingerprint density at radius 2 is 1.81 bits per heavy atom. The molecule has 0 atom stereocenters. The lowest BCUT2D eigenvalue weighted by Gasteiger charge is -2.27. The number of fused-ring (bicyclic) bond motifs is 1. The third-order valence-corrected chi connectivity index (χ3v) is 5.38. The van der Waals surface area contributed by atoms with Gasteiger partial charge in [-0.3, -0.25) is 24.4 Å². The number of aromatic hydroxyl groups is 1. The lowest BCUT2D eigenvalue weighted by atomic mass is 10.1. The minimum atomic E-state index is -0.643. The minimum Gasteiger partial charge on any atom is -0.493 e. The highest BCUT2D eigenvalue weighted by molar-refractivity contribution is 5.95. The van der Waals surface area contributed by atoms with Crippen molar-refractivity contribution in [3.8, 4) is 11.6 Å². The number of nitro groups is 1. The monoisotopic (exact) mass is 437 g/mol. The number of likely N-dealkylation sites (tertiary alicyclic amines) is 1. The molecule has 32 heavy (non-hydrogen) atoms. The van der Waals surface area contributed by atoms with Gasteiger partial charge in [0.15, 0.2) is 12.3 Å². The number of carbonyl (C=O) groups is 1. The molecule has 10 heteroatoms. The van der Waals surface area contributed by atoms with Crippen LogP contribution in [0.2, 0.25) is 0 Å². The summed E-state index contributed by atoms with van der Waals surface area (Å²) in [4.78, 5) is 24.6. The normalized spacial score (nSPS) is 14.8. The van der Waals surface area contributed by atoms with Crippen molar-refractivity contribution < 1.29 is 19.6 Å². The van der Waals surface area contributed by atoms with Gasteiger partial charge in [-0.15, -0.1) is 10.2 Å². The fourth-order valence-electron chi connectivity index (χ4n) is 3.76. The van der Waals surface area contributed by atoms with Crippen LogP contribution in [0, 0.1) is 10.1 Å². The third kappa shape index (κ3) is 4.75. The van der Waals surface area contributed by atoms with E-state index in [-0.39, 0.29) is 23.9 Å². The standard InChI is InChI=1S/C22H23N5O5/c28-20(14-32-17-10-8-16(9-11-17)27(30)31)23-24-21-18-6-2-3-7-19(18)26(22(21)29)15-25-12-4-1-5-13-25/h2-3,6-11,29H,1,4-5,12-15H2. The largest absolute Gasteiger partial charge is 0.493 e. The molecule has 10 nitrogen and oxygen atoms in total. The molecule has 1 fully saturated rings. The number of nitrogens with zero attached hydrogens (tertiary/aromatic N) is 5. The molecule has 1 saturated heterocycles. The first-order chi connectivity index (χ1) is 15.5. The highest BCUT2D eigenvalue weighted by Gasteiger charge is 2.19. The summed E-state index contributed by atoms with van der Waals surface area (Å²) in [6.07, 6.45) is 3.49. The number of azo groups is 1. The van der Waals surface area contributed by atoms with E-state index in [2.05, 4.69) is 15.1 Å². The zero-order chi connectivity index (χ0) is 22.5. The van der Waals surface area contributed by atoms with Gasteiger partial charge in [-0.2, -0.15) is 0 Å². The zero-order valence-corrected chi connectivity index (χ0v) is 17.4. The molecule has 1 N–H and O–H groups in total. The summed E-state index contributed by atoms with van der Waals surface area (Å²) in [6.45, 7) is 2.11. The van der Waals surface area contributed by atoms with Crippen LogP contribution in [0.25, 0.3) is 10.9 Å². The van der Waals surface area contributed by atoms with Crippen molar-refractivity contribution in [2.24, 2.45) is 10.2 Å². The van der Waals surface area contributed by atoms with Crippen molar-refractivity contribution in [3.63, 3.8) is 0 Å². The number of non-ortho nitro benzene ring substituents is 1. The van der Waals surface area contributed by atoms with Gasteiger partial charge < -0.3 is 9.84 Å². The van der Waals surface area contributed by atoms with Gasteiger partial charge in [0.1, 0.15) is 5.75 Å². The molecule has 0 unspecified atom stereocenters. The number of nitro benzene ring substituents is 1. The summed E-state index contributed by atoms with van der Waals surface area (Å²) in [7, 11) is 0.